The minimum Gasteiger partial charge on any atom is -0.464 e. The third kappa shape index (κ3) is 5.24. The highest BCUT2D eigenvalue weighted by Crippen LogP contribution is 2.15. The molecule has 0 spiro atoms. The molecule has 1 aliphatic heterocycles. The molecule has 0 bridgehead atoms. The Balaban J connectivity index is 2.64. The zero-order valence-corrected chi connectivity index (χ0v) is 12.9. The maximum Gasteiger partial charge on any atom is 0.340 e. The highest BCUT2D eigenvalue weighted by Gasteiger charge is 2.33. The first-order chi connectivity index (χ1) is 9.99. The summed E-state index contributed by atoms with van der Waals surface area (Å²) < 4.78 is 9.61. The average molecular weight is 300 g/mol. The number of hydrogen-bond donors (Lipinski definition) is 1. The van der Waals surface area contributed by atoms with Crippen molar-refractivity contribution in [2.45, 2.75) is 39.7 Å². The summed E-state index contributed by atoms with van der Waals surface area (Å²) in [6.45, 7) is 6.89. The summed E-state index contributed by atoms with van der Waals surface area (Å²) in [5.41, 5.74) is 0. The first-order valence-corrected chi connectivity index (χ1v) is 7.38. The molecule has 0 unspecified atom stereocenters. The van der Waals surface area contributed by atoms with Gasteiger partial charge >= 0.3 is 18.0 Å². The summed E-state index contributed by atoms with van der Waals surface area (Å²) in [5, 5.41) is 2.41. The zero-order valence-electron chi connectivity index (χ0n) is 12.9. The van der Waals surface area contributed by atoms with E-state index in [4.69, 9.17) is 9.47 Å². The van der Waals surface area contributed by atoms with E-state index >= 15 is 0 Å². The Labute approximate surface area is 124 Å². The Morgan fingerprint density at radius 2 is 1.57 bits per heavy atom. The molecule has 21 heavy (non-hydrogen) atoms. The van der Waals surface area contributed by atoms with Crippen molar-refractivity contribution in [1.29, 1.82) is 0 Å². The Morgan fingerprint density at radius 3 is 2.00 bits per heavy atom. The topological polar surface area (TPSA) is 84.9 Å². The van der Waals surface area contributed by atoms with Crippen molar-refractivity contribution in [1.82, 2.24) is 10.2 Å². The van der Waals surface area contributed by atoms with Crippen LogP contribution in [0, 0.1) is 5.92 Å². The fraction of sp³-hybridized carbons (Fsp3) is 0.786. The largest absolute Gasteiger partial charge is 0.464 e. The molecular formula is C14H24N2O5. The van der Waals surface area contributed by atoms with Crippen LogP contribution in [-0.2, 0) is 19.1 Å². The van der Waals surface area contributed by atoms with Crippen LogP contribution in [-0.4, -0.2) is 55.2 Å². The van der Waals surface area contributed by atoms with E-state index < -0.39 is 24.0 Å². The molecule has 0 aromatic rings. The van der Waals surface area contributed by atoms with E-state index in [2.05, 4.69) is 12.2 Å². The third-order valence-corrected chi connectivity index (χ3v) is 3.38. The first-order valence-electron chi connectivity index (χ1n) is 7.38. The fourth-order valence-corrected chi connectivity index (χ4v) is 2.09. The van der Waals surface area contributed by atoms with E-state index in [9.17, 15) is 14.4 Å². The van der Waals surface area contributed by atoms with Gasteiger partial charge in [-0.1, -0.05) is 6.92 Å². The monoisotopic (exact) mass is 300 g/mol. The Hall–Kier alpha value is -1.79. The van der Waals surface area contributed by atoms with Gasteiger partial charge in [0.2, 0.25) is 6.04 Å². The number of likely N-dealkylation sites (tertiary alicyclic amines) is 1. The smallest absolute Gasteiger partial charge is 0.340 e. The molecule has 7 heteroatoms. The molecule has 1 aliphatic rings. The summed E-state index contributed by atoms with van der Waals surface area (Å²) in [4.78, 5) is 37.3. The summed E-state index contributed by atoms with van der Waals surface area (Å²) >= 11 is 0. The standard InChI is InChI=1S/C14H24N2O5/c1-4-20-12(17)11(13(18)21-5-2)15-14(19)16-8-6-10(3)7-9-16/h10-11H,4-9H2,1-3H3,(H,15,19). The maximum atomic E-state index is 12.1. The second kappa shape index (κ2) is 8.49. The van der Waals surface area contributed by atoms with E-state index in [0.29, 0.717) is 19.0 Å². The average Bonchev–Trinajstić information content (AvgIpc) is 2.45. The number of nitrogens with one attached hydrogen (secondary N) is 1. The Kier molecular flexibility index (Phi) is 6.98. The number of rotatable bonds is 5. The SMILES string of the molecule is CCOC(=O)C(NC(=O)N1CCC(C)CC1)C(=O)OCC. The molecule has 0 atom stereocenters. The molecule has 0 radical (unpaired) electrons. The van der Waals surface area contributed by atoms with Crippen molar-refractivity contribution >= 4 is 18.0 Å². The number of amides is 2. The minimum atomic E-state index is -1.41. The van der Waals surface area contributed by atoms with Gasteiger partial charge in [0.25, 0.3) is 0 Å². The lowest BCUT2D eigenvalue weighted by atomic mass is 10.00. The molecular weight excluding hydrogens is 276 g/mol. The highest BCUT2D eigenvalue weighted by molar-refractivity contribution is 6.02. The van der Waals surface area contributed by atoms with Crippen molar-refractivity contribution in [2.24, 2.45) is 5.92 Å². The molecule has 1 saturated heterocycles. The lowest BCUT2D eigenvalue weighted by molar-refractivity contribution is -0.157. The summed E-state index contributed by atoms with van der Waals surface area (Å²) in [5.74, 6) is -1.01. The van der Waals surface area contributed by atoms with Crippen LogP contribution in [0.5, 0.6) is 0 Å². The van der Waals surface area contributed by atoms with E-state index in [0.717, 1.165) is 12.8 Å². The van der Waals surface area contributed by atoms with Gasteiger partial charge in [0.1, 0.15) is 0 Å². The Morgan fingerprint density at radius 1 is 1.10 bits per heavy atom. The van der Waals surface area contributed by atoms with Crippen molar-refractivity contribution in [3.05, 3.63) is 0 Å². The molecule has 7 nitrogen and oxygen atoms in total. The number of carbonyl (C=O) groups is 3. The number of piperidine rings is 1. The summed E-state index contributed by atoms with van der Waals surface area (Å²) in [6.07, 6.45) is 1.83. The van der Waals surface area contributed by atoms with Gasteiger partial charge in [-0.2, -0.15) is 0 Å². The zero-order chi connectivity index (χ0) is 15.8. The van der Waals surface area contributed by atoms with Gasteiger partial charge in [0, 0.05) is 13.1 Å². The van der Waals surface area contributed by atoms with Gasteiger partial charge in [-0.05, 0) is 32.6 Å². The number of nitrogens with zero attached hydrogens (tertiary/aromatic N) is 1. The molecule has 1 fully saturated rings. The molecule has 0 aromatic carbocycles. The molecule has 1 heterocycles. The quantitative estimate of drug-likeness (QED) is 0.603. The van der Waals surface area contributed by atoms with Crippen molar-refractivity contribution in [3.63, 3.8) is 0 Å². The van der Waals surface area contributed by atoms with Crippen molar-refractivity contribution in [2.75, 3.05) is 26.3 Å². The Bertz CT molecular complexity index is 360. The van der Waals surface area contributed by atoms with Crippen LogP contribution >= 0.6 is 0 Å². The molecule has 1 N–H and O–H groups in total. The number of ether oxygens (including phenoxy) is 2. The van der Waals surface area contributed by atoms with Gasteiger partial charge in [0.15, 0.2) is 0 Å². The van der Waals surface area contributed by atoms with Gasteiger partial charge in [-0.3, -0.25) is 0 Å². The number of esters is 2. The highest BCUT2D eigenvalue weighted by atomic mass is 16.6. The third-order valence-electron chi connectivity index (χ3n) is 3.38. The normalized spacial score (nSPS) is 15.7. The number of hydrogen-bond acceptors (Lipinski definition) is 5. The predicted molar refractivity (Wildman–Crippen MR) is 75.6 cm³/mol. The number of carbonyl (C=O) groups excluding carboxylic acids is 3. The predicted octanol–water partition coefficient (Wildman–Crippen LogP) is 0.923. The van der Waals surface area contributed by atoms with Crippen LogP contribution in [0.3, 0.4) is 0 Å². The molecule has 0 aromatic heterocycles. The lowest BCUT2D eigenvalue weighted by Crippen LogP contribution is -2.53. The second-order valence-electron chi connectivity index (χ2n) is 5.06. The van der Waals surface area contributed by atoms with Gasteiger partial charge in [-0.15, -0.1) is 0 Å². The van der Waals surface area contributed by atoms with E-state index in [1.54, 1.807) is 18.7 Å². The molecule has 120 valence electrons. The molecule has 2 amide bonds. The van der Waals surface area contributed by atoms with E-state index in [1.165, 1.54) is 0 Å². The van der Waals surface area contributed by atoms with Crippen LogP contribution in [0.2, 0.25) is 0 Å². The van der Waals surface area contributed by atoms with Gasteiger partial charge < -0.3 is 19.7 Å². The van der Waals surface area contributed by atoms with Crippen molar-refractivity contribution in [3.8, 4) is 0 Å². The second-order valence-corrected chi connectivity index (χ2v) is 5.06. The van der Waals surface area contributed by atoms with Crippen LogP contribution in [0.4, 0.5) is 4.79 Å². The van der Waals surface area contributed by atoms with Gasteiger partial charge in [0.05, 0.1) is 13.2 Å². The molecule has 0 saturated carbocycles. The summed E-state index contributed by atoms with van der Waals surface area (Å²) in [7, 11) is 0. The lowest BCUT2D eigenvalue weighted by Gasteiger charge is -2.31. The van der Waals surface area contributed by atoms with Crippen molar-refractivity contribution < 1.29 is 23.9 Å². The van der Waals surface area contributed by atoms with Crippen LogP contribution in [0.15, 0.2) is 0 Å². The maximum absolute atomic E-state index is 12.1. The van der Waals surface area contributed by atoms with Gasteiger partial charge in [-0.25, -0.2) is 14.4 Å². The fourth-order valence-electron chi connectivity index (χ4n) is 2.09. The molecule has 1 rings (SSSR count). The minimum absolute atomic E-state index is 0.131. The van der Waals surface area contributed by atoms with E-state index in [-0.39, 0.29) is 13.2 Å². The summed E-state index contributed by atoms with van der Waals surface area (Å²) in [6, 6.07) is -1.84. The number of urea groups is 1. The van der Waals surface area contributed by atoms with Crippen LogP contribution < -0.4 is 5.32 Å². The van der Waals surface area contributed by atoms with Crippen LogP contribution in [0.25, 0.3) is 0 Å². The first kappa shape index (κ1) is 17.3. The molecule has 0 aliphatic carbocycles. The van der Waals surface area contributed by atoms with Crippen LogP contribution in [0.1, 0.15) is 33.6 Å². The van der Waals surface area contributed by atoms with E-state index in [1.807, 2.05) is 0 Å².